The van der Waals surface area contributed by atoms with Crippen LogP contribution in [0.4, 0.5) is 0 Å². The van der Waals surface area contributed by atoms with Crippen molar-refractivity contribution in [3.05, 3.63) is 139 Å². The van der Waals surface area contributed by atoms with Crippen molar-refractivity contribution in [2.75, 3.05) is 0 Å². The highest BCUT2D eigenvalue weighted by Gasteiger charge is 2.45. The van der Waals surface area contributed by atoms with Gasteiger partial charge in [-0.2, -0.15) is 0 Å². The zero-order valence-electron chi connectivity index (χ0n) is 24.7. The summed E-state index contributed by atoms with van der Waals surface area (Å²) < 4.78 is 22.3. The molecule has 0 fully saturated rings. The van der Waals surface area contributed by atoms with Crippen LogP contribution in [0.15, 0.2) is 127 Å². The van der Waals surface area contributed by atoms with Crippen molar-refractivity contribution in [3.63, 3.8) is 0 Å². The highest BCUT2D eigenvalue weighted by molar-refractivity contribution is 7.26. The highest BCUT2D eigenvalue weighted by atomic mass is 32.1. The van der Waals surface area contributed by atoms with E-state index < -0.39 is 15.1 Å². The molecule has 216 valence electrons. The van der Waals surface area contributed by atoms with Crippen LogP contribution in [-0.2, 0) is 0 Å². The topological polar surface area (TPSA) is 53.5 Å². The van der Waals surface area contributed by atoms with Gasteiger partial charge < -0.3 is 11.4 Å². The number of rotatable bonds is 7. The Labute approximate surface area is 269 Å². The second-order valence-corrected chi connectivity index (χ2v) is 13.3. The maximum atomic E-state index is 6.58. The second kappa shape index (κ2) is 11.5. The summed E-state index contributed by atoms with van der Waals surface area (Å²) in [6.07, 6.45) is 0. The van der Waals surface area contributed by atoms with E-state index in [9.17, 15) is 0 Å². The molecular formula is C38H27AlN2O3S. The fraction of sp³-hybridized carbons (Fsp3) is 0.0526. The molecule has 0 atom stereocenters. The standard InChI is InChI=1S/C18H12OS.2C10H9NO.Al/c19-13-10-8-12(9-11-13)14-5-3-6-16-15-4-1-2-7-17(15)20-18(14)16;2*1-7-5-6-8-3-2-4-9(12)10(8)11-7;/h1-11,19H;2*2-6,12H,1H3;/q;;;+3/p-3. The molecule has 3 aromatic heterocycles. The molecule has 45 heavy (non-hydrogen) atoms. The minimum absolute atomic E-state index is 0.630. The van der Waals surface area contributed by atoms with E-state index in [1.54, 1.807) is 0 Å². The van der Waals surface area contributed by atoms with Gasteiger partial charge in [0.15, 0.2) is 0 Å². The summed E-state index contributed by atoms with van der Waals surface area (Å²) in [4.78, 5) is 9.53. The third-order valence-electron chi connectivity index (χ3n) is 7.89. The third kappa shape index (κ3) is 5.36. The Bertz CT molecular complexity index is 2270. The smallest absolute Gasteiger partial charge is 0.577 e. The molecule has 0 bridgehead atoms. The predicted octanol–water partition coefficient (Wildman–Crippen LogP) is 9.96. The summed E-state index contributed by atoms with van der Waals surface area (Å²) >= 11 is -1.06. The quantitative estimate of drug-likeness (QED) is 0.166. The van der Waals surface area contributed by atoms with Gasteiger partial charge in [0.2, 0.25) is 0 Å². The normalized spacial score (nSPS) is 11.3. The molecule has 0 aliphatic rings. The van der Waals surface area contributed by atoms with Crippen LogP contribution in [0.25, 0.3) is 53.1 Å². The van der Waals surface area contributed by atoms with E-state index in [-0.39, 0.29) is 0 Å². The zero-order valence-corrected chi connectivity index (χ0v) is 26.7. The summed E-state index contributed by atoms with van der Waals surface area (Å²) in [7, 11) is 0. The molecule has 5 nitrogen and oxygen atoms in total. The summed E-state index contributed by atoms with van der Waals surface area (Å²) in [5.41, 5.74) is 5.72. The van der Waals surface area contributed by atoms with Gasteiger partial charge in [-0.25, -0.2) is 9.97 Å². The van der Waals surface area contributed by atoms with Crippen molar-refractivity contribution in [3.8, 4) is 28.4 Å². The molecule has 0 aliphatic heterocycles. The van der Waals surface area contributed by atoms with E-state index in [1.165, 1.54) is 25.7 Å². The number of pyridine rings is 2. The molecule has 0 radical (unpaired) electrons. The lowest BCUT2D eigenvalue weighted by molar-refractivity contribution is 0.310. The van der Waals surface area contributed by atoms with Crippen LogP contribution in [0, 0.1) is 13.8 Å². The maximum Gasteiger partial charge on any atom is 1.20 e. The van der Waals surface area contributed by atoms with Gasteiger partial charge in [-0.1, -0.05) is 84.9 Å². The third-order valence-corrected chi connectivity index (χ3v) is 10.5. The van der Waals surface area contributed by atoms with E-state index >= 15 is 0 Å². The largest absolute Gasteiger partial charge is 1.20 e. The Morgan fingerprint density at radius 1 is 0.533 bits per heavy atom. The Hall–Kier alpha value is -4.93. The maximum absolute atomic E-state index is 6.58. The molecule has 0 saturated heterocycles. The monoisotopic (exact) mass is 618 g/mol. The number of aromatic nitrogens is 2. The van der Waals surface area contributed by atoms with Gasteiger partial charge in [0.1, 0.15) is 22.5 Å². The average Bonchev–Trinajstić information content (AvgIpc) is 3.45. The number of aryl methyl sites for hydroxylation is 2. The number of nitrogens with zero attached hydrogens (tertiary/aromatic N) is 2. The Balaban J connectivity index is 1.15. The first-order valence-corrected chi connectivity index (χ1v) is 17.1. The Kier molecular flexibility index (Phi) is 7.08. The van der Waals surface area contributed by atoms with Gasteiger partial charge >= 0.3 is 15.1 Å². The van der Waals surface area contributed by atoms with E-state index in [2.05, 4.69) is 66.7 Å². The van der Waals surface area contributed by atoms with Gasteiger partial charge in [0.05, 0.1) is 5.75 Å². The first kappa shape index (κ1) is 27.6. The minimum Gasteiger partial charge on any atom is -0.577 e. The SMILES string of the molecule is Cc1ccc2cccc([O][Al]([O]c3ccc(-c4cccc5c4sc4ccccc45)cc3)[O]c3cccc4ccc(C)nc34)c2n1. The lowest BCUT2D eigenvalue weighted by Gasteiger charge is -2.18. The fourth-order valence-electron chi connectivity index (χ4n) is 5.70. The molecule has 0 saturated carbocycles. The van der Waals surface area contributed by atoms with Crippen molar-refractivity contribution < 1.29 is 11.4 Å². The van der Waals surface area contributed by atoms with Crippen molar-refractivity contribution in [1.29, 1.82) is 0 Å². The minimum atomic E-state index is -2.89. The molecule has 0 aliphatic carbocycles. The van der Waals surface area contributed by atoms with E-state index in [0.29, 0.717) is 17.2 Å². The van der Waals surface area contributed by atoms with Crippen molar-refractivity contribution in [1.82, 2.24) is 9.97 Å². The number of para-hydroxylation sites is 2. The van der Waals surface area contributed by atoms with Gasteiger partial charge in [-0.05, 0) is 67.4 Å². The zero-order chi connectivity index (χ0) is 30.3. The van der Waals surface area contributed by atoms with Crippen LogP contribution in [0.1, 0.15) is 11.4 Å². The van der Waals surface area contributed by atoms with Crippen molar-refractivity contribution in [2.24, 2.45) is 0 Å². The molecule has 8 aromatic rings. The highest BCUT2D eigenvalue weighted by Crippen LogP contribution is 2.40. The van der Waals surface area contributed by atoms with E-state index in [0.717, 1.165) is 38.8 Å². The van der Waals surface area contributed by atoms with Crippen LogP contribution < -0.4 is 11.4 Å². The molecule has 8 rings (SSSR count). The number of thiophene rings is 1. The first-order valence-electron chi connectivity index (χ1n) is 14.8. The number of benzene rings is 5. The summed E-state index contributed by atoms with van der Waals surface area (Å²) in [6, 6.07) is 43.2. The van der Waals surface area contributed by atoms with Crippen LogP contribution in [0.3, 0.4) is 0 Å². The molecule has 5 aromatic carbocycles. The van der Waals surface area contributed by atoms with Crippen LogP contribution >= 0.6 is 11.3 Å². The van der Waals surface area contributed by atoms with Crippen molar-refractivity contribution >= 4 is 68.5 Å². The first-order chi connectivity index (χ1) is 22.1. The summed E-state index contributed by atoms with van der Waals surface area (Å²) in [5.74, 6) is 1.93. The van der Waals surface area contributed by atoms with Crippen LogP contribution in [-0.4, -0.2) is 25.1 Å². The van der Waals surface area contributed by atoms with Crippen LogP contribution in [0.5, 0.6) is 17.2 Å². The van der Waals surface area contributed by atoms with Crippen molar-refractivity contribution in [2.45, 2.75) is 13.8 Å². The molecule has 0 unspecified atom stereocenters. The molecule has 3 heterocycles. The molecule has 0 N–H and O–H groups in total. The second-order valence-electron chi connectivity index (χ2n) is 11.0. The van der Waals surface area contributed by atoms with E-state index in [4.69, 9.17) is 21.3 Å². The molecular weight excluding hydrogens is 591 g/mol. The number of hydrogen-bond acceptors (Lipinski definition) is 6. The van der Waals surface area contributed by atoms with Crippen LogP contribution in [0.2, 0.25) is 0 Å². The van der Waals surface area contributed by atoms with Gasteiger partial charge in [-0.3, -0.25) is 0 Å². The lowest BCUT2D eigenvalue weighted by Crippen LogP contribution is -2.37. The number of hydrogen-bond donors (Lipinski definition) is 0. The van der Waals surface area contributed by atoms with Gasteiger partial charge in [0.25, 0.3) is 0 Å². The Morgan fingerprint density at radius 3 is 1.80 bits per heavy atom. The fourth-order valence-corrected chi connectivity index (χ4v) is 8.26. The summed E-state index contributed by atoms with van der Waals surface area (Å²) in [5, 5.41) is 4.56. The lowest BCUT2D eigenvalue weighted by atomic mass is 10.0. The average molecular weight is 619 g/mol. The summed E-state index contributed by atoms with van der Waals surface area (Å²) in [6.45, 7) is 3.95. The molecule has 0 amide bonds. The van der Waals surface area contributed by atoms with Gasteiger partial charge in [-0.15, -0.1) is 11.3 Å². The molecule has 7 heteroatoms. The number of fused-ring (bicyclic) bond motifs is 5. The predicted molar refractivity (Wildman–Crippen MR) is 185 cm³/mol. The Morgan fingerprint density at radius 2 is 1.13 bits per heavy atom. The van der Waals surface area contributed by atoms with E-state index in [1.807, 2.05) is 85.8 Å². The molecule has 0 spiro atoms. The van der Waals surface area contributed by atoms with Gasteiger partial charge in [0, 0.05) is 42.3 Å².